The maximum absolute atomic E-state index is 12.8. The number of hydrogen-bond donors (Lipinski definition) is 3. The number of amidine groups is 1. The van der Waals surface area contributed by atoms with Crippen LogP contribution < -0.4 is 45.8 Å². The number of alkyl carbamates (subject to hydrolysis) is 2. The van der Waals surface area contributed by atoms with Crippen LogP contribution in [0.1, 0.15) is 241 Å². The van der Waals surface area contributed by atoms with E-state index in [0.717, 1.165) is 346 Å². The summed E-state index contributed by atoms with van der Waals surface area (Å²) in [6.45, 7) is 33.5. The number of aliphatic imine (C=N–C) groups is 1. The van der Waals surface area contributed by atoms with E-state index < -0.39 is 23.4 Å². The molecule has 0 radical (unpaired) electrons. The van der Waals surface area contributed by atoms with E-state index in [1.165, 1.54) is 0 Å². The molecule has 15 aliphatic heterocycles. The van der Waals surface area contributed by atoms with E-state index in [1.807, 2.05) is 83.3 Å². The van der Waals surface area contributed by atoms with Crippen LogP contribution in [-0.4, -0.2) is 262 Å². The number of hydrogen-bond acceptors (Lipinski definition) is 31. The van der Waals surface area contributed by atoms with Gasteiger partial charge >= 0.3 is 12.2 Å². The van der Waals surface area contributed by atoms with E-state index in [1.54, 1.807) is 0 Å². The van der Waals surface area contributed by atoms with Gasteiger partial charge in [-0.25, -0.2) is 48.9 Å². The summed E-state index contributed by atoms with van der Waals surface area (Å²) in [6, 6.07) is 12.9. The van der Waals surface area contributed by atoms with Crippen molar-refractivity contribution in [3.8, 4) is 0 Å². The number of rotatable bonds is 12. The Bertz CT molecular complexity index is 5680. The highest BCUT2D eigenvalue weighted by Crippen LogP contribution is 2.49. The monoisotopic (exact) mass is 1870 g/mol. The van der Waals surface area contributed by atoms with Crippen LogP contribution in [0, 0.1) is 16.2 Å². The highest BCUT2D eigenvalue weighted by atomic mass is 35.5. The lowest BCUT2D eigenvalue weighted by molar-refractivity contribution is -0.0369. The van der Waals surface area contributed by atoms with Gasteiger partial charge in [-0.1, -0.05) is 6.08 Å². The Hall–Kier alpha value is -9.69. The SMILES string of the molecule is C[C@@H]1OCC2(CCN(c3cnc4c(N5CCCc6nc(C7=CCOC7)ccc65)nn(C5CCCCO5)c4n3)CC2)[C@@H]1NC(=O)OC(C)(C)C.C[C@@H]1OCC2(CCN(c3cnc4c(N5CCCc6nc(C7CCOC7)ccc65)nn(C5CCCCO5)c4n3)CC2)[C@@H]1NC(=O)OC(C)(C)C.C[C@@H]1OCC2(CCN(c3cnc4c(n3)CN=C4N3CCCc4nc(C5CCOC5)ccc43)CC2)[C@@H]1N.Cl. The zero-order valence-electron chi connectivity index (χ0n) is 79.9. The van der Waals surface area contributed by atoms with Crippen molar-refractivity contribution < 1.29 is 57.0 Å². The molecule has 10 saturated heterocycles. The Kier molecular flexibility index (Phi) is 26.6. The molecular weight excluding hydrogens is 1740 g/mol. The molecule has 23 rings (SSSR count). The molecule has 0 bridgehead atoms. The number of aromatic nitrogens is 13. The summed E-state index contributed by atoms with van der Waals surface area (Å²) in [5, 5.41) is 16.7. The summed E-state index contributed by atoms with van der Waals surface area (Å²) in [5.41, 5.74) is 21.2. The first-order chi connectivity index (χ1) is 65.0. The quantitative estimate of drug-likeness (QED) is 0.102. The first-order valence-electron chi connectivity index (χ1n) is 49.7. The summed E-state index contributed by atoms with van der Waals surface area (Å²) in [6.07, 6.45) is 26.2. The van der Waals surface area contributed by atoms with Crippen molar-refractivity contribution in [1.29, 1.82) is 0 Å². The van der Waals surface area contributed by atoms with Crippen LogP contribution in [0.25, 0.3) is 27.9 Å². The highest BCUT2D eigenvalue weighted by Gasteiger charge is 2.54. The van der Waals surface area contributed by atoms with Gasteiger partial charge in [-0.15, -0.1) is 22.6 Å². The lowest BCUT2D eigenvalue weighted by Gasteiger charge is -2.42. The van der Waals surface area contributed by atoms with E-state index in [4.69, 9.17) is 113 Å². The van der Waals surface area contributed by atoms with Crippen LogP contribution in [0.5, 0.6) is 0 Å². The number of halogens is 1. The number of aryl methyl sites for hydroxylation is 3. The molecule has 8 aromatic heterocycles. The second-order valence-corrected chi connectivity index (χ2v) is 41.7. The van der Waals surface area contributed by atoms with Gasteiger partial charge in [0.1, 0.15) is 34.3 Å². The lowest BCUT2D eigenvalue weighted by Crippen LogP contribution is -2.55. The number of piperidine rings is 3. The van der Waals surface area contributed by atoms with Crippen LogP contribution in [0.2, 0.25) is 0 Å². The lowest BCUT2D eigenvalue weighted by atomic mass is 9.73. The molecule has 0 aromatic carbocycles. The normalized spacial score (nSPS) is 26.8. The minimum Gasteiger partial charge on any atom is -0.444 e. The molecule has 36 heteroatoms. The van der Waals surface area contributed by atoms with Gasteiger partial charge in [0.25, 0.3) is 0 Å². The van der Waals surface area contributed by atoms with Crippen molar-refractivity contribution in [3.63, 3.8) is 0 Å². The fourth-order valence-electron chi connectivity index (χ4n) is 23.1. The van der Waals surface area contributed by atoms with Crippen LogP contribution in [0.3, 0.4) is 0 Å². The predicted octanol–water partition coefficient (Wildman–Crippen LogP) is 13.6. The average molecular weight is 1870 g/mol. The zero-order chi connectivity index (χ0) is 91.8. The molecule has 10 atom stereocenters. The number of nitrogens with two attached hydrogens (primary N) is 1. The summed E-state index contributed by atoms with van der Waals surface area (Å²) in [5.74, 6) is 5.94. The third-order valence-corrected chi connectivity index (χ3v) is 30.6. The molecule has 4 N–H and O–H groups in total. The number of fused-ring (bicyclic) bond motifs is 6. The molecule has 10 fully saturated rings. The molecule has 724 valence electrons. The third-order valence-electron chi connectivity index (χ3n) is 30.6. The number of amides is 2. The molecule has 2 amide bonds. The third kappa shape index (κ3) is 18.8. The molecule has 23 heterocycles. The number of nitrogens with one attached hydrogen (secondary N) is 2. The smallest absolute Gasteiger partial charge is 0.407 e. The fraction of sp³-hybridized carbons (Fsp3) is 0.657. The van der Waals surface area contributed by atoms with Gasteiger partial charge in [0, 0.05) is 136 Å². The Morgan fingerprint density at radius 3 is 1.38 bits per heavy atom. The Morgan fingerprint density at radius 2 is 0.926 bits per heavy atom. The summed E-state index contributed by atoms with van der Waals surface area (Å²) in [7, 11) is 0. The molecule has 8 aromatic rings. The van der Waals surface area contributed by atoms with Gasteiger partial charge in [-0.3, -0.25) is 19.9 Å². The number of nitrogens with zero attached hydrogens (tertiary/aromatic N) is 20. The maximum atomic E-state index is 12.8. The van der Waals surface area contributed by atoms with Crippen molar-refractivity contribution >= 4 is 104 Å². The molecule has 0 saturated carbocycles. The predicted molar refractivity (Wildman–Crippen MR) is 514 cm³/mol. The topological polar surface area (TPSA) is 360 Å². The van der Waals surface area contributed by atoms with Gasteiger partial charge in [0.05, 0.1) is 147 Å². The van der Waals surface area contributed by atoms with Crippen molar-refractivity contribution in [2.75, 3.05) is 161 Å². The van der Waals surface area contributed by atoms with E-state index in [-0.39, 0.29) is 77.5 Å². The van der Waals surface area contributed by atoms with Crippen molar-refractivity contribution in [2.45, 2.75) is 269 Å². The molecule has 3 spiro atoms. The number of carbonyl (C=O) groups excluding carboxylic acids is 2. The number of pyridine rings is 3. The van der Waals surface area contributed by atoms with E-state index in [2.05, 4.69) is 89.4 Å². The van der Waals surface area contributed by atoms with Crippen molar-refractivity contribution in [2.24, 2.45) is 27.0 Å². The standard InChI is InChI=1S/C36H50N8O5.C36H48N8O5.C27H35N7O2.ClH/c2*1-23-31(40-34(45)49-35(2,3)4)36(22-48-23)13-16-42(17-14-36)28-20-37-30-32(39-28)44(29-9-5-6-18-47-29)41-33(30)43-15-7-8-26-27(43)11-10-25(38-26)24-12-19-46-21-24;1-17-25(28)27(16-36-17)7-10-33(11-8-27)23-14-29-24-21(32-23)13-30-26(24)34-9-2-3-20-22(34)5-4-19(31-20)18-6-12-35-15-18;/h10-11,20,23-24,29,31H,5-9,12-19,21-22H2,1-4H3,(H,40,45);10-12,20,23,29,31H,5-9,13-19,21-22H2,1-4H3,(H,40,45);4-5,14,17-18,25H,2-3,6-13,15-16,28H2,1H3;1H/t23-,24?,29?,31+;23-,29?,31+;17-,18?,25+;/m000./s1. The van der Waals surface area contributed by atoms with Gasteiger partial charge in [-0.2, -0.15) is 0 Å². The largest absolute Gasteiger partial charge is 0.444 e. The molecule has 135 heavy (non-hydrogen) atoms. The fourth-order valence-corrected chi connectivity index (χ4v) is 23.1. The molecule has 35 nitrogen and oxygen atoms in total. The van der Waals surface area contributed by atoms with Crippen molar-refractivity contribution in [1.82, 2.24) is 75.1 Å². The first-order valence-corrected chi connectivity index (χ1v) is 49.7. The summed E-state index contributed by atoms with van der Waals surface area (Å²) < 4.78 is 62.6. The van der Waals surface area contributed by atoms with Gasteiger partial charge in [0.2, 0.25) is 0 Å². The highest BCUT2D eigenvalue weighted by molar-refractivity contribution is 6.11. The Labute approximate surface area is 796 Å². The molecular formula is C99H134ClN23O12. The zero-order valence-corrected chi connectivity index (χ0v) is 80.7. The van der Waals surface area contributed by atoms with Gasteiger partial charge in [0.15, 0.2) is 52.3 Å². The van der Waals surface area contributed by atoms with Gasteiger partial charge < -0.3 is 93.1 Å². The van der Waals surface area contributed by atoms with E-state index in [9.17, 15) is 9.59 Å². The number of carbonyl (C=O) groups is 2. The average Bonchev–Trinajstić information content (AvgIpc) is 1.59. The number of ether oxygens (including phenoxy) is 10. The second-order valence-electron chi connectivity index (χ2n) is 41.7. The molecule has 0 aliphatic carbocycles. The Morgan fingerprint density at radius 1 is 0.474 bits per heavy atom. The van der Waals surface area contributed by atoms with Crippen molar-refractivity contribution in [3.05, 3.63) is 107 Å². The van der Waals surface area contributed by atoms with Crippen LogP contribution >= 0.6 is 12.4 Å². The maximum Gasteiger partial charge on any atom is 0.407 e. The van der Waals surface area contributed by atoms with Crippen LogP contribution in [0.15, 0.2) is 66.1 Å². The van der Waals surface area contributed by atoms with Crippen LogP contribution in [-0.2, 0) is 73.2 Å². The minimum atomic E-state index is -0.559. The molecule has 4 unspecified atom stereocenters. The summed E-state index contributed by atoms with van der Waals surface area (Å²) in [4.78, 5) is 90.0. The van der Waals surface area contributed by atoms with E-state index in [0.29, 0.717) is 58.0 Å². The molecule has 15 aliphatic rings. The number of anilines is 8. The minimum absolute atomic E-state index is 0. The second kappa shape index (κ2) is 38.6. The first kappa shape index (κ1) is 93.0. The Balaban J connectivity index is 0.000000127. The van der Waals surface area contributed by atoms with E-state index >= 15 is 0 Å². The van der Waals surface area contributed by atoms with Gasteiger partial charge in [-0.05, 0) is 227 Å². The summed E-state index contributed by atoms with van der Waals surface area (Å²) >= 11 is 0. The van der Waals surface area contributed by atoms with Crippen LogP contribution in [0.4, 0.5) is 55.7 Å².